The Balaban J connectivity index is 1.83. The summed E-state index contributed by atoms with van der Waals surface area (Å²) in [5, 5.41) is 2.66. The van der Waals surface area contributed by atoms with Gasteiger partial charge < -0.3 is 0 Å². The summed E-state index contributed by atoms with van der Waals surface area (Å²) in [5.41, 5.74) is 0.562. The second-order valence-electron chi connectivity index (χ2n) is 4.48. The van der Waals surface area contributed by atoms with Crippen molar-refractivity contribution >= 4 is 31.9 Å². The van der Waals surface area contributed by atoms with Crippen molar-refractivity contribution in [2.45, 2.75) is 0 Å². The molecule has 0 aromatic heterocycles. The Morgan fingerprint density at radius 1 is 1.00 bits per heavy atom. The molecule has 0 bridgehead atoms. The monoisotopic (exact) mass is 342 g/mol. The average molecular weight is 341 g/mol. The van der Waals surface area contributed by atoms with Gasteiger partial charge in [-0.15, -0.1) is 0 Å². The predicted molar refractivity (Wildman–Crippen MR) is 83.4 cm³/mol. The van der Waals surface area contributed by atoms with Gasteiger partial charge in [-0.25, -0.2) is 0 Å². The van der Waals surface area contributed by atoms with Crippen LogP contribution in [0.1, 0.15) is 10.4 Å². The Labute approximate surface area is 130 Å². The van der Waals surface area contributed by atoms with Gasteiger partial charge in [0.1, 0.15) is 0 Å². The van der Waals surface area contributed by atoms with Crippen molar-refractivity contribution in [3.05, 3.63) is 66.2 Å². The average Bonchev–Trinajstić information content (AvgIpc) is 2.54. The number of carbonyl (C=O) groups excluding carboxylic acids is 2. The second kappa shape index (κ2) is 7.64. The van der Waals surface area contributed by atoms with Crippen LogP contribution in [0.4, 0.5) is 0 Å². The first kappa shape index (κ1) is 15.3. The summed E-state index contributed by atoms with van der Waals surface area (Å²) >= 11 is -0.676. The zero-order valence-electron chi connectivity index (χ0n) is 11.7. The zero-order valence-corrected chi connectivity index (χ0v) is 13.8. The zero-order chi connectivity index (χ0) is 15.1. The Kier molecular flexibility index (Phi) is 5.57. The minimum absolute atomic E-state index is 0.0283. The molecule has 0 saturated carbocycles. The molecule has 21 heavy (non-hydrogen) atoms. The number of nitrogens with one attached hydrogen (secondary N) is 1. The van der Waals surface area contributed by atoms with Crippen LogP contribution in [0, 0.1) is 0 Å². The predicted octanol–water partition coefficient (Wildman–Crippen LogP) is 0.819. The van der Waals surface area contributed by atoms with Crippen LogP contribution >= 0.6 is 0 Å². The fourth-order valence-corrected chi connectivity index (χ4v) is 3.69. The number of amides is 2. The number of hydrogen-bond acceptors (Lipinski definition) is 2. The third-order valence-corrected chi connectivity index (χ3v) is 5.35. The third-order valence-electron chi connectivity index (χ3n) is 2.88. The number of benzene rings is 2. The summed E-state index contributed by atoms with van der Waals surface area (Å²) in [7, 11) is 1.78. The van der Waals surface area contributed by atoms with E-state index in [4.69, 9.17) is 0 Å². The van der Waals surface area contributed by atoms with E-state index in [0.717, 1.165) is 0 Å². The van der Waals surface area contributed by atoms with E-state index in [1.165, 1.54) is 4.40 Å². The first-order valence-corrected chi connectivity index (χ1v) is 8.57. The van der Waals surface area contributed by atoms with Crippen LogP contribution in [0.3, 0.4) is 0 Å². The van der Waals surface area contributed by atoms with E-state index in [2.05, 4.69) is 5.32 Å². The van der Waals surface area contributed by atoms with Crippen molar-refractivity contribution in [3.8, 4) is 0 Å². The van der Waals surface area contributed by atoms with Crippen LogP contribution in [0.15, 0.2) is 60.7 Å². The van der Waals surface area contributed by atoms with Gasteiger partial charge in [0.2, 0.25) is 0 Å². The normalized spacial score (nSPS) is 9.95. The molecular weight excluding hydrogens is 325 g/mol. The van der Waals surface area contributed by atoms with E-state index in [0.29, 0.717) is 5.56 Å². The Bertz CT molecular complexity index is 602. The molecule has 0 aliphatic heterocycles. The summed E-state index contributed by atoms with van der Waals surface area (Å²) in [4.78, 5) is 23.9. The Morgan fingerprint density at radius 3 is 2.19 bits per heavy atom. The maximum atomic E-state index is 12.0. The SMILES string of the molecule is C[N]([Ge][c]1ccccc1)C(=O)CNC(=O)c1ccccc1. The summed E-state index contributed by atoms with van der Waals surface area (Å²) in [6, 6.07) is 18.8. The van der Waals surface area contributed by atoms with Gasteiger partial charge in [-0.3, -0.25) is 0 Å². The molecule has 2 rings (SSSR count). The van der Waals surface area contributed by atoms with Gasteiger partial charge in [-0.05, 0) is 0 Å². The van der Waals surface area contributed by atoms with E-state index in [-0.39, 0.29) is 18.4 Å². The maximum absolute atomic E-state index is 12.0. The van der Waals surface area contributed by atoms with E-state index in [1.807, 2.05) is 36.4 Å². The summed E-state index contributed by atoms with van der Waals surface area (Å²) in [6.07, 6.45) is 0. The van der Waals surface area contributed by atoms with E-state index < -0.39 is 15.7 Å². The standard InChI is InChI=1S/C16H16GeN2O2/c1-19(17-14-10-6-3-7-11-14)15(20)12-18-16(21)13-8-4-2-5-9-13/h2-11H,12H2,1H3,(H,18,21). The van der Waals surface area contributed by atoms with Gasteiger partial charge in [0.05, 0.1) is 0 Å². The number of likely N-dealkylation sites (N-methyl/N-ethyl adjacent to an activating group) is 1. The second-order valence-corrected chi connectivity index (χ2v) is 7.57. The molecule has 1 N–H and O–H groups in total. The van der Waals surface area contributed by atoms with E-state index in [1.54, 1.807) is 35.2 Å². The van der Waals surface area contributed by atoms with Crippen LogP contribution in [0.25, 0.3) is 0 Å². The minimum atomic E-state index is -0.676. The van der Waals surface area contributed by atoms with Crippen molar-refractivity contribution in [1.29, 1.82) is 0 Å². The van der Waals surface area contributed by atoms with Crippen LogP contribution in [-0.2, 0) is 4.79 Å². The number of carbonyl (C=O) groups is 2. The molecule has 0 unspecified atom stereocenters. The molecule has 2 aromatic carbocycles. The van der Waals surface area contributed by atoms with Gasteiger partial charge in [0.25, 0.3) is 0 Å². The van der Waals surface area contributed by atoms with Gasteiger partial charge in [-0.1, -0.05) is 0 Å². The van der Waals surface area contributed by atoms with Gasteiger partial charge in [0, 0.05) is 0 Å². The molecule has 106 valence electrons. The Morgan fingerprint density at radius 2 is 1.57 bits per heavy atom. The van der Waals surface area contributed by atoms with Gasteiger partial charge in [0.15, 0.2) is 0 Å². The molecule has 0 heterocycles. The molecule has 2 radical (unpaired) electrons. The molecule has 0 atom stereocenters. The van der Waals surface area contributed by atoms with Crippen LogP contribution in [-0.4, -0.2) is 44.9 Å². The van der Waals surface area contributed by atoms with Gasteiger partial charge >= 0.3 is 130 Å². The quantitative estimate of drug-likeness (QED) is 0.819. The molecule has 0 aliphatic carbocycles. The topological polar surface area (TPSA) is 49.4 Å². The number of nitrogens with zero attached hydrogens (tertiary/aromatic N) is 1. The van der Waals surface area contributed by atoms with E-state index in [9.17, 15) is 9.59 Å². The molecule has 0 spiro atoms. The summed E-state index contributed by atoms with van der Waals surface area (Å²) < 4.78 is 2.91. The number of hydrogen-bond donors (Lipinski definition) is 1. The summed E-state index contributed by atoms with van der Waals surface area (Å²) in [5.74, 6) is -0.291. The van der Waals surface area contributed by atoms with E-state index >= 15 is 0 Å². The molecule has 0 fully saturated rings. The van der Waals surface area contributed by atoms with Crippen molar-refractivity contribution in [2.24, 2.45) is 0 Å². The third kappa shape index (κ3) is 4.75. The van der Waals surface area contributed by atoms with Crippen LogP contribution < -0.4 is 9.71 Å². The molecule has 2 aromatic rings. The van der Waals surface area contributed by atoms with Gasteiger partial charge in [-0.2, -0.15) is 0 Å². The number of rotatable bonds is 5. The first-order chi connectivity index (χ1) is 10.2. The molecule has 4 nitrogen and oxygen atoms in total. The molecule has 5 heteroatoms. The van der Waals surface area contributed by atoms with Crippen LogP contribution in [0.2, 0.25) is 0 Å². The fourth-order valence-electron chi connectivity index (χ4n) is 1.73. The molecular formula is C16H16GeN2O2. The first-order valence-electron chi connectivity index (χ1n) is 6.58. The molecule has 0 saturated heterocycles. The summed E-state index contributed by atoms with van der Waals surface area (Å²) in [6.45, 7) is 0.0283. The van der Waals surface area contributed by atoms with Crippen molar-refractivity contribution < 1.29 is 9.59 Å². The van der Waals surface area contributed by atoms with Crippen molar-refractivity contribution in [2.75, 3.05) is 13.6 Å². The van der Waals surface area contributed by atoms with Crippen molar-refractivity contribution in [3.63, 3.8) is 0 Å². The van der Waals surface area contributed by atoms with Crippen LogP contribution in [0.5, 0.6) is 0 Å². The molecule has 2 amide bonds. The van der Waals surface area contributed by atoms with Crippen molar-refractivity contribution in [1.82, 2.24) is 9.17 Å². The molecule has 0 aliphatic rings. The fraction of sp³-hybridized carbons (Fsp3) is 0.125. The Hall–Kier alpha value is -2.08.